The molecule has 1 N–H and O–H groups in total. The number of nitrogens with one attached hydrogen (secondary N) is 1. The van der Waals surface area contributed by atoms with E-state index in [1.165, 1.54) is 35.2 Å². The zero-order valence-electron chi connectivity index (χ0n) is 22.7. The van der Waals surface area contributed by atoms with Crippen LogP contribution in [-0.4, -0.2) is 44.3 Å². The fourth-order valence-corrected chi connectivity index (χ4v) is 6.20. The number of hydrogen-bond donors (Lipinski definition) is 1. The molecule has 40 heavy (non-hydrogen) atoms. The number of amides is 2. The van der Waals surface area contributed by atoms with Gasteiger partial charge < -0.3 is 10.2 Å². The predicted molar refractivity (Wildman–Crippen MR) is 164 cm³/mol. The third kappa shape index (κ3) is 8.22. The van der Waals surface area contributed by atoms with Crippen molar-refractivity contribution in [3.63, 3.8) is 0 Å². The van der Waals surface area contributed by atoms with Gasteiger partial charge in [-0.15, -0.1) is 0 Å². The van der Waals surface area contributed by atoms with Gasteiger partial charge in [-0.3, -0.25) is 13.9 Å². The highest BCUT2D eigenvalue weighted by Gasteiger charge is 2.33. The summed E-state index contributed by atoms with van der Waals surface area (Å²) in [5.41, 5.74) is 1.70. The van der Waals surface area contributed by atoms with Crippen LogP contribution in [0.4, 0.5) is 5.69 Å². The lowest BCUT2D eigenvalue weighted by Gasteiger charge is -2.32. The molecule has 0 aliphatic rings. The molecular weight excluding hydrogens is 637 g/mol. The molecule has 0 saturated carbocycles. The van der Waals surface area contributed by atoms with Crippen molar-refractivity contribution in [2.24, 2.45) is 5.92 Å². The van der Waals surface area contributed by atoms with Gasteiger partial charge in [0.05, 0.1) is 15.6 Å². The Bertz CT molecular complexity index is 1470. The summed E-state index contributed by atoms with van der Waals surface area (Å²) in [5.74, 6) is -0.713. The molecular formula is C29H32BrCl2N3O4S. The fourth-order valence-electron chi connectivity index (χ4n) is 3.89. The van der Waals surface area contributed by atoms with Gasteiger partial charge in [0.1, 0.15) is 12.6 Å². The van der Waals surface area contributed by atoms with Crippen molar-refractivity contribution in [1.82, 2.24) is 10.2 Å². The van der Waals surface area contributed by atoms with Crippen LogP contribution in [0, 0.1) is 12.8 Å². The number of hydrogen-bond acceptors (Lipinski definition) is 4. The van der Waals surface area contributed by atoms with Crippen molar-refractivity contribution < 1.29 is 18.0 Å². The molecule has 0 spiro atoms. The summed E-state index contributed by atoms with van der Waals surface area (Å²) in [7, 11) is -4.25. The molecule has 0 saturated heterocycles. The quantitative estimate of drug-likeness (QED) is 0.255. The van der Waals surface area contributed by atoms with Crippen LogP contribution in [0.3, 0.4) is 0 Å². The van der Waals surface area contributed by atoms with Gasteiger partial charge in [0, 0.05) is 22.6 Å². The molecule has 0 fully saturated rings. The number of rotatable bonds is 11. The van der Waals surface area contributed by atoms with E-state index in [0.717, 1.165) is 19.9 Å². The van der Waals surface area contributed by atoms with Gasteiger partial charge in [-0.1, -0.05) is 82.8 Å². The topological polar surface area (TPSA) is 86.8 Å². The standard InChI is InChI=1S/C29H32BrCl2N3O4S/c1-19(2)16-33-29(37)21(4)34(17-22-6-5-7-23(30)14-22)28(36)18-35(27-15-24(31)10-13-26(27)32)40(38,39)25-11-8-20(3)9-12-25/h5-15,19,21H,16-18H2,1-4H3,(H,33,37)/t21-/m1/s1. The summed E-state index contributed by atoms with van der Waals surface area (Å²) < 4.78 is 29.6. The second kappa shape index (κ2) is 13.9. The minimum Gasteiger partial charge on any atom is -0.354 e. The van der Waals surface area contributed by atoms with Crippen molar-refractivity contribution in [3.05, 3.63) is 92.4 Å². The van der Waals surface area contributed by atoms with Crippen molar-refractivity contribution in [2.45, 2.75) is 45.2 Å². The number of halogens is 3. The highest BCUT2D eigenvalue weighted by Crippen LogP contribution is 2.33. The molecule has 2 amide bonds. The van der Waals surface area contributed by atoms with Gasteiger partial charge in [0.15, 0.2) is 0 Å². The summed E-state index contributed by atoms with van der Waals surface area (Å²) in [6.45, 7) is 7.32. The Labute approximate surface area is 254 Å². The monoisotopic (exact) mass is 667 g/mol. The highest BCUT2D eigenvalue weighted by atomic mass is 79.9. The Balaban J connectivity index is 2.06. The molecule has 1 atom stereocenters. The molecule has 0 bridgehead atoms. The molecule has 11 heteroatoms. The van der Waals surface area contributed by atoms with Crippen LogP contribution in [0.1, 0.15) is 31.9 Å². The van der Waals surface area contributed by atoms with Gasteiger partial charge in [-0.05, 0) is 67.8 Å². The van der Waals surface area contributed by atoms with E-state index in [1.807, 2.05) is 45.0 Å². The van der Waals surface area contributed by atoms with Crippen molar-refractivity contribution in [2.75, 3.05) is 17.4 Å². The first kappa shape index (κ1) is 31.9. The Kier molecular flexibility index (Phi) is 11.1. The molecule has 7 nitrogen and oxygen atoms in total. The van der Waals surface area contributed by atoms with Gasteiger partial charge in [0.25, 0.3) is 10.0 Å². The fraction of sp³-hybridized carbons (Fsp3) is 0.310. The molecule has 3 aromatic rings. The van der Waals surface area contributed by atoms with E-state index in [0.29, 0.717) is 6.54 Å². The molecule has 0 aromatic heterocycles. The van der Waals surface area contributed by atoms with Gasteiger partial charge >= 0.3 is 0 Å². The van der Waals surface area contributed by atoms with Crippen molar-refractivity contribution in [3.8, 4) is 0 Å². The van der Waals surface area contributed by atoms with E-state index in [1.54, 1.807) is 19.1 Å². The summed E-state index contributed by atoms with van der Waals surface area (Å²) in [4.78, 5) is 28.4. The lowest BCUT2D eigenvalue weighted by atomic mass is 10.1. The maximum absolute atomic E-state index is 14.0. The average molecular weight is 669 g/mol. The van der Waals surface area contributed by atoms with Crippen molar-refractivity contribution in [1.29, 1.82) is 0 Å². The third-order valence-corrected chi connectivity index (χ3v) is 8.98. The van der Waals surface area contributed by atoms with Crippen molar-refractivity contribution >= 4 is 66.7 Å². The average Bonchev–Trinajstić information content (AvgIpc) is 2.90. The minimum absolute atomic E-state index is 0.0109. The summed E-state index contributed by atoms with van der Waals surface area (Å²) in [5, 5.41) is 3.22. The lowest BCUT2D eigenvalue weighted by molar-refractivity contribution is -0.139. The summed E-state index contributed by atoms with van der Waals surface area (Å²) >= 11 is 16.1. The Morgan fingerprint density at radius 3 is 2.27 bits per heavy atom. The first-order chi connectivity index (χ1) is 18.8. The van der Waals surface area contributed by atoms with Gasteiger partial charge in [-0.2, -0.15) is 0 Å². The smallest absolute Gasteiger partial charge is 0.264 e. The molecule has 0 radical (unpaired) electrons. The zero-order chi connectivity index (χ0) is 29.6. The molecule has 3 rings (SSSR count). The molecule has 0 unspecified atom stereocenters. The normalized spacial score (nSPS) is 12.2. The van der Waals surface area contributed by atoms with E-state index in [9.17, 15) is 18.0 Å². The maximum atomic E-state index is 14.0. The molecule has 0 heterocycles. The number of aryl methyl sites for hydroxylation is 1. The third-order valence-electron chi connectivity index (χ3n) is 6.16. The minimum atomic E-state index is -4.25. The number of sulfonamides is 1. The second-order valence-corrected chi connectivity index (χ2v) is 13.5. The largest absolute Gasteiger partial charge is 0.354 e. The SMILES string of the molecule is Cc1ccc(S(=O)(=O)N(CC(=O)N(Cc2cccc(Br)c2)[C@H](C)C(=O)NCC(C)C)c2cc(Cl)ccc2Cl)cc1. The van der Waals surface area contributed by atoms with Crippen LogP contribution in [0.2, 0.25) is 10.0 Å². The van der Waals surface area contributed by atoms with Crippen LogP contribution in [-0.2, 0) is 26.2 Å². The van der Waals surface area contributed by atoms with E-state index in [4.69, 9.17) is 23.2 Å². The lowest BCUT2D eigenvalue weighted by Crippen LogP contribution is -2.51. The van der Waals surface area contributed by atoms with Crippen LogP contribution in [0.15, 0.2) is 76.1 Å². The number of carbonyl (C=O) groups is 2. The van der Waals surface area contributed by atoms with E-state index in [-0.39, 0.29) is 39.0 Å². The molecule has 3 aromatic carbocycles. The molecule has 0 aliphatic heterocycles. The Hall–Kier alpha value is -2.59. The van der Waals surface area contributed by atoms with E-state index < -0.39 is 28.5 Å². The highest BCUT2D eigenvalue weighted by molar-refractivity contribution is 9.10. The predicted octanol–water partition coefficient (Wildman–Crippen LogP) is 6.45. The van der Waals surface area contributed by atoms with E-state index in [2.05, 4.69) is 21.2 Å². The maximum Gasteiger partial charge on any atom is 0.264 e. The van der Waals surface area contributed by atoms with Gasteiger partial charge in [-0.25, -0.2) is 8.42 Å². The second-order valence-electron chi connectivity index (χ2n) is 9.89. The van der Waals surface area contributed by atoms with Crippen LogP contribution in [0.25, 0.3) is 0 Å². The van der Waals surface area contributed by atoms with Gasteiger partial charge in [0.2, 0.25) is 11.8 Å². The first-order valence-corrected chi connectivity index (χ1v) is 15.6. The van der Waals surface area contributed by atoms with Crippen LogP contribution < -0.4 is 9.62 Å². The zero-order valence-corrected chi connectivity index (χ0v) is 26.6. The first-order valence-electron chi connectivity index (χ1n) is 12.7. The number of nitrogens with zero attached hydrogens (tertiary/aromatic N) is 2. The summed E-state index contributed by atoms with van der Waals surface area (Å²) in [6, 6.07) is 17.2. The molecule has 0 aliphatic carbocycles. The van der Waals surface area contributed by atoms with Crippen LogP contribution >= 0.6 is 39.1 Å². The Morgan fingerprint density at radius 2 is 1.65 bits per heavy atom. The molecule has 214 valence electrons. The van der Waals surface area contributed by atoms with Crippen LogP contribution in [0.5, 0.6) is 0 Å². The van der Waals surface area contributed by atoms with E-state index >= 15 is 0 Å². The number of anilines is 1. The number of carbonyl (C=O) groups excluding carboxylic acids is 2. The summed E-state index contributed by atoms with van der Waals surface area (Å²) in [6.07, 6.45) is 0. The Morgan fingerprint density at radius 1 is 0.975 bits per heavy atom. The number of benzene rings is 3.